The van der Waals surface area contributed by atoms with E-state index in [1.165, 1.54) is 6.42 Å². The summed E-state index contributed by atoms with van der Waals surface area (Å²) in [5.41, 5.74) is 0. The van der Waals surface area contributed by atoms with Crippen molar-refractivity contribution in [1.82, 2.24) is 0 Å². The molecule has 1 fully saturated rings. The minimum atomic E-state index is -1.09. The van der Waals surface area contributed by atoms with Crippen molar-refractivity contribution in [1.29, 1.82) is 0 Å². The number of allylic oxidation sites excluding steroid dienone is 2. The van der Waals surface area contributed by atoms with Crippen LogP contribution in [0.15, 0.2) is 22.5 Å². The molecule has 0 aromatic rings. The Labute approximate surface area is 130 Å². The van der Waals surface area contributed by atoms with Crippen LogP contribution in [0.1, 0.15) is 46.0 Å². The van der Waals surface area contributed by atoms with Crippen molar-refractivity contribution in [3.05, 3.63) is 22.0 Å². The lowest BCUT2D eigenvalue weighted by Gasteiger charge is -2.23. The molecule has 22 heavy (non-hydrogen) atoms. The van der Waals surface area contributed by atoms with Gasteiger partial charge >= 0.3 is 5.97 Å². The van der Waals surface area contributed by atoms with E-state index in [-0.39, 0.29) is 24.4 Å². The Bertz CT molecular complexity index is 441. The van der Waals surface area contributed by atoms with E-state index in [1.807, 2.05) is 13.8 Å². The van der Waals surface area contributed by atoms with Gasteiger partial charge in [-0.05, 0) is 53.3 Å². The summed E-state index contributed by atoms with van der Waals surface area (Å²) in [6.45, 7) is 3.91. The zero-order valence-corrected chi connectivity index (χ0v) is 13.2. The van der Waals surface area contributed by atoms with E-state index in [0.717, 1.165) is 6.42 Å². The number of nitrogens with zero attached hydrogens (tertiary/aromatic N) is 2. The smallest absolute Gasteiger partial charge is 0.306 e. The zero-order chi connectivity index (χ0) is 16.1. The number of nitroso groups, excluding NO2 is 2. The number of hydrogen-bond acceptors (Lipinski definition) is 6. The van der Waals surface area contributed by atoms with Gasteiger partial charge in [0.15, 0.2) is 0 Å². The van der Waals surface area contributed by atoms with Gasteiger partial charge in [-0.15, -0.1) is 9.81 Å². The molecule has 1 saturated carbocycles. The van der Waals surface area contributed by atoms with Gasteiger partial charge in [-0.3, -0.25) is 4.79 Å². The highest BCUT2D eigenvalue weighted by molar-refractivity contribution is 5.70. The molecule has 2 bridgehead atoms. The van der Waals surface area contributed by atoms with Crippen molar-refractivity contribution >= 4 is 5.97 Å². The number of rotatable bonds is 9. The maximum Gasteiger partial charge on any atom is 0.306 e. The predicted molar refractivity (Wildman–Crippen MR) is 82.8 cm³/mol. The maximum absolute atomic E-state index is 12.2. The molecular weight excluding hydrogens is 284 g/mol. The summed E-state index contributed by atoms with van der Waals surface area (Å²) in [5.74, 6) is 1.51. The molecule has 0 amide bonds. The predicted octanol–water partition coefficient (Wildman–Crippen LogP) is 3.80. The fourth-order valence-electron chi connectivity index (χ4n) is 3.53. The van der Waals surface area contributed by atoms with Crippen LogP contribution in [0.2, 0.25) is 0 Å². The number of fused-ring (bicyclic) bond motifs is 2. The Balaban J connectivity index is 1.79. The van der Waals surface area contributed by atoms with Gasteiger partial charge in [-0.1, -0.05) is 26.0 Å². The third-order valence-electron chi connectivity index (χ3n) is 4.82. The first kappa shape index (κ1) is 16.8. The zero-order valence-electron chi connectivity index (χ0n) is 13.2. The molecule has 6 heteroatoms. The highest BCUT2D eigenvalue weighted by atomic mass is 16.5. The number of carbonyl (C=O) groups is 1. The molecule has 0 aromatic carbocycles. The largest absolute Gasteiger partial charge is 0.462 e. The second kappa shape index (κ2) is 7.61. The summed E-state index contributed by atoms with van der Waals surface area (Å²) in [5, 5.41) is 5.30. The molecular formula is C16H24N2O4. The van der Waals surface area contributed by atoms with E-state index in [0.29, 0.717) is 30.6 Å². The van der Waals surface area contributed by atoms with Crippen molar-refractivity contribution in [3.8, 4) is 0 Å². The third kappa shape index (κ3) is 4.21. The van der Waals surface area contributed by atoms with Gasteiger partial charge in [0.25, 0.3) is 0 Å². The number of carbonyl (C=O) groups excluding carboxylic acids is 1. The van der Waals surface area contributed by atoms with Crippen LogP contribution in [0.4, 0.5) is 0 Å². The van der Waals surface area contributed by atoms with Crippen LogP contribution >= 0.6 is 0 Å². The Hall–Kier alpha value is -1.59. The monoisotopic (exact) mass is 308 g/mol. The maximum atomic E-state index is 12.2. The summed E-state index contributed by atoms with van der Waals surface area (Å²) in [4.78, 5) is 32.9. The molecule has 0 radical (unpaired) electrons. The SMILES string of the molecule is CC(C)C(CCC(N=O)N=O)OC(=O)CC1CC2C=CC1C2. The van der Waals surface area contributed by atoms with Crippen molar-refractivity contribution in [2.75, 3.05) is 0 Å². The highest BCUT2D eigenvalue weighted by Crippen LogP contribution is 2.45. The summed E-state index contributed by atoms with van der Waals surface area (Å²) in [7, 11) is 0. The first-order valence-electron chi connectivity index (χ1n) is 8.06. The minimum absolute atomic E-state index is 0.128. The van der Waals surface area contributed by atoms with E-state index < -0.39 is 6.17 Å². The second-order valence-corrected chi connectivity index (χ2v) is 6.79. The molecule has 2 rings (SSSR count). The van der Waals surface area contributed by atoms with E-state index in [9.17, 15) is 14.6 Å². The molecule has 0 aromatic heterocycles. The Morgan fingerprint density at radius 1 is 1.18 bits per heavy atom. The van der Waals surface area contributed by atoms with E-state index in [4.69, 9.17) is 4.74 Å². The van der Waals surface area contributed by atoms with Gasteiger partial charge in [-0.25, -0.2) is 0 Å². The van der Waals surface area contributed by atoms with E-state index >= 15 is 0 Å². The average molecular weight is 308 g/mol. The first-order valence-corrected chi connectivity index (χ1v) is 8.06. The van der Waals surface area contributed by atoms with Crippen molar-refractivity contribution < 1.29 is 9.53 Å². The second-order valence-electron chi connectivity index (χ2n) is 6.79. The summed E-state index contributed by atoms with van der Waals surface area (Å²) in [6.07, 6.45) is 6.45. The van der Waals surface area contributed by atoms with Gasteiger partial charge in [0.05, 0.1) is 0 Å². The fourth-order valence-corrected chi connectivity index (χ4v) is 3.53. The summed E-state index contributed by atoms with van der Waals surface area (Å²) < 4.78 is 5.57. The van der Waals surface area contributed by atoms with Crippen LogP contribution in [0.5, 0.6) is 0 Å². The third-order valence-corrected chi connectivity index (χ3v) is 4.82. The van der Waals surface area contributed by atoms with Crippen LogP contribution in [0.25, 0.3) is 0 Å². The lowest BCUT2D eigenvalue weighted by Crippen LogP contribution is -2.26. The molecule has 4 atom stereocenters. The van der Waals surface area contributed by atoms with Gasteiger partial charge in [0.2, 0.25) is 6.17 Å². The van der Waals surface area contributed by atoms with Crippen molar-refractivity contribution in [2.45, 2.75) is 58.2 Å². The van der Waals surface area contributed by atoms with Crippen molar-refractivity contribution in [2.24, 2.45) is 34.0 Å². The van der Waals surface area contributed by atoms with E-state index in [1.54, 1.807) is 0 Å². The van der Waals surface area contributed by atoms with Crippen LogP contribution < -0.4 is 0 Å². The topological polar surface area (TPSA) is 85.2 Å². The average Bonchev–Trinajstić information content (AvgIpc) is 3.09. The van der Waals surface area contributed by atoms with Crippen LogP contribution in [0, 0.1) is 33.5 Å². The summed E-state index contributed by atoms with van der Waals surface area (Å²) >= 11 is 0. The molecule has 0 aliphatic heterocycles. The normalized spacial score (nSPS) is 27.4. The van der Waals surface area contributed by atoms with Crippen LogP contribution in [-0.4, -0.2) is 18.2 Å². The standard InChI is InChI=1S/C16H24N2O4/c1-10(2)14(5-6-15(17-20)18-21)22-16(19)9-13-8-11-3-4-12(13)7-11/h3-4,10-15H,5-9H2,1-2H3. The van der Waals surface area contributed by atoms with Gasteiger partial charge in [0, 0.05) is 12.8 Å². The van der Waals surface area contributed by atoms with Gasteiger partial charge in [-0.2, -0.15) is 0 Å². The minimum Gasteiger partial charge on any atom is -0.462 e. The van der Waals surface area contributed by atoms with E-state index in [2.05, 4.69) is 22.5 Å². The lowest BCUT2D eigenvalue weighted by atomic mass is 9.90. The molecule has 6 nitrogen and oxygen atoms in total. The highest BCUT2D eigenvalue weighted by Gasteiger charge is 2.37. The molecule has 2 aliphatic carbocycles. The summed E-state index contributed by atoms with van der Waals surface area (Å²) in [6, 6.07) is 0. The van der Waals surface area contributed by atoms with Gasteiger partial charge < -0.3 is 4.74 Å². The Kier molecular flexibility index (Phi) is 5.80. The lowest BCUT2D eigenvalue weighted by molar-refractivity contribution is -0.153. The Morgan fingerprint density at radius 2 is 1.91 bits per heavy atom. The molecule has 0 heterocycles. The molecule has 122 valence electrons. The number of hydrogen-bond donors (Lipinski definition) is 0. The van der Waals surface area contributed by atoms with Gasteiger partial charge in [0.1, 0.15) is 6.10 Å². The molecule has 4 unspecified atom stereocenters. The molecule has 0 saturated heterocycles. The molecule has 2 aliphatic rings. The molecule has 0 spiro atoms. The fraction of sp³-hybridized carbons (Fsp3) is 0.812. The first-order chi connectivity index (χ1) is 10.5. The number of ether oxygens (including phenoxy) is 1. The van der Waals surface area contributed by atoms with Crippen LogP contribution in [0.3, 0.4) is 0 Å². The van der Waals surface area contributed by atoms with Crippen LogP contribution in [-0.2, 0) is 9.53 Å². The Morgan fingerprint density at radius 3 is 2.41 bits per heavy atom. The molecule has 0 N–H and O–H groups in total. The quantitative estimate of drug-likeness (QED) is 0.368. The number of esters is 1. The van der Waals surface area contributed by atoms with Crippen molar-refractivity contribution in [3.63, 3.8) is 0 Å².